The molecule has 148 valence electrons. The summed E-state index contributed by atoms with van der Waals surface area (Å²) in [5.41, 5.74) is 8.73. The van der Waals surface area contributed by atoms with Crippen LogP contribution >= 0.6 is 11.6 Å². The van der Waals surface area contributed by atoms with Crippen molar-refractivity contribution in [3.8, 4) is 28.6 Å². The number of rotatable bonds is 6. The predicted octanol–water partition coefficient (Wildman–Crippen LogP) is 2.95. The molecule has 2 heterocycles. The van der Waals surface area contributed by atoms with Gasteiger partial charge in [-0.1, -0.05) is 11.6 Å². The van der Waals surface area contributed by atoms with Gasteiger partial charge in [-0.3, -0.25) is 9.36 Å². The van der Waals surface area contributed by atoms with Gasteiger partial charge in [0.25, 0.3) is 5.91 Å². The number of aryl methyl sites for hydroxylation is 1. The molecular formula is C20H18ClN5O3. The minimum Gasteiger partial charge on any atom is -0.493 e. The lowest BCUT2D eigenvalue weighted by Gasteiger charge is -2.14. The van der Waals surface area contributed by atoms with Crippen LogP contribution < -0.4 is 15.2 Å². The number of benzene rings is 2. The van der Waals surface area contributed by atoms with Gasteiger partial charge in [-0.15, -0.1) is 0 Å². The fourth-order valence-corrected chi connectivity index (χ4v) is 3.39. The molecule has 0 saturated carbocycles. The molecule has 0 fully saturated rings. The molecule has 1 amide bonds. The number of fused-ring (bicyclic) bond motifs is 1. The molecule has 4 aromatic rings. The van der Waals surface area contributed by atoms with Crippen LogP contribution in [0.3, 0.4) is 0 Å². The normalized spacial score (nSPS) is 11.0. The summed E-state index contributed by atoms with van der Waals surface area (Å²) in [7, 11) is 3.44. The topological polar surface area (TPSA) is 97.2 Å². The number of methoxy groups -OCH3 is 1. The maximum atomic E-state index is 11.0. The van der Waals surface area contributed by atoms with Gasteiger partial charge in [0.05, 0.1) is 29.5 Å². The summed E-state index contributed by atoms with van der Waals surface area (Å²) in [6.45, 7) is -0.297. The SMILES string of the molecule is COc1cc(-c2nccn2-c2ccc3ncn(C)c3c2)cc(Cl)c1OCC(N)=O. The van der Waals surface area contributed by atoms with Gasteiger partial charge in [-0.25, -0.2) is 9.97 Å². The molecule has 2 aromatic heterocycles. The molecule has 0 spiro atoms. The Bertz CT molecular complexity index is 1210. The monoisotopic (exact) mass is 411 g/mol. The van der Waals surface area contributed by atoms with Crippen LogP contribution in [-0.2, 0) is 11.8 Å². The highest BCUT2D eigenvalue weighted by Crippen LogP contribution is 2.39. The zero-order chi connectivity index (χ0) is 20.5. The Morgan fingerprint density at radius 1 is 1.24 bits per heavy atom. The van der Waals surface area contributed by atoms with Gasteiger partial charge >= 0.3 is 0 Å². The zero-order valence-corrected chi connectivity index (χ0v) is 16.6. The van der Waals surface area contributed by atoms with E-state index in [4.69, 9.17) is 26.8 Å². The summed E-state index contributed by atoms with van der Waals surface area (Å²) < 4.78 is 14.7. The van der Waals surface area contributed by atoms with Crippen LogP contribution in [0.15, 0.2) is 49.1 Å². The first kappa shape index (κ1) is 18.8. The first-order valence-corrected chi connectivity index (χ1v) is 9.09. The van der Waals surface area contributed by atoms with Gasteiger partial charge in [0.1, 0.15) is 5.82 Å². The Morgan fingerprint density at radius 2 is 2.07 bits per heavy atom. The number of hydrogen-bond acceptors (Lipinski definition) is 5. The van der Waals surface area contributed by atoms with Crippen LogP contribution in [0, 0.1) is 0 Å². The van der Waals surface area contributed by atoms with Gasteiger partial charge in [0.2, 0.25) is 0 Å². The third kappa shape index (κ3) is 3.50. The third-order valence-electron chi connectivity index (χ3n) is 4.47. The van der Waals surface area contributed by atoms with E-state index in [-0.39, 0.29) is 17.4 Å². The van der Waals surface area contributed by atoms with Crippen molar-refractivity contribution in [3.05, 3.63) is 54.1 Å². The van der Waals surface area contributed by atoms with E-state index in [9.17, 15) is 4.79 Å². The summed E-state index contributed by atoms with van der Waals surface area (Å²) in [6.07, 6.45) is 5.35. The first-order chi connectivity index (χ1) is 14.0. The number of primary amides is 1. The number of amides is 1. The van der Waals surface area contributed by atoms with E-state index >= 15 is 0 Å². The smallest absolute Gasteiger partial charge is 0.255 e. The molecule has 0 atom stereocenters. The molecule has 2 aromatic carbocycles. The van der Waals surface area contributed by atoms with Crippen molar-refractivity contribution in [1.82, 2.24) is 19.1 Å². The van der Waals surface area contributed by atoms with Gasteiger partial charge in [0, 0.05) is 30.7 Å². The summed E-state index contributed by atoms with van der Waals surface area (Å²) in [4.78, 5) is 19.9. The molecule has 8 nitrogen and oxygen atoms in total. The fourth-order valence-electron chi connectivity index (χ4n) is 3.12. The lowest BCUT2D eigenvalue weighted by Crippen LogP contribution is -2.20. The fraction of sp³-hybridized carbons (Fsp3) is 0.150. The highest BCUT2D eigenvalue weighted by Gasteiger charge is 2.17. The van der Waals surface area contributed by atoms with Crippen molar-refractivity contribution in [2.24, 2.45) is 12.8 Å². The van der Waals surface area contributed by atoms with Crippen molar-refractivity contribution in [2.75, 3.05) is 13.7 Å². The summed E-state index contributed by atoms with van der Waals surface area (Å²) in [5, 5.41) is 0.289. The lowest BCUT2D eigenvalue weighted by atomic mass is 10.1. The molecule has 29 heavy (non-hydrogen) atoms. The number of nitrogens with zero attached hydrogens (tertiary/aromatic N) is 4. The number of nitrogens with two attached hydrogens (primary N) is 1. The van der Waals surface area contributed by atoms with E-state index in [0.29, 0.717) is 11.6 Å². The van der Waals surface area contributed by atoms with Crippen LogP contribution in [0.5, 0.6) is 11.5 Å². The standard InChI is InChI=1S/C20H18ClN5O3/c1-25-11-24-15-4-3-13(9-16(15)25)26-6-5-23-20(26)12-7-14(21)19(17(8-12)28-2)29-10-18(22)27/h3-9,11H,10H2,1-2H3,(H2,22,27). The Kier molecular flexibility index (Phi) is 4.85. The van der Waals surface area contributed by atoms with Gasteiger partial charge < -0.3 is 19.8 Å². The molecule has 4 rings (SSSR count). The van der Waals surface area contributed by atoms with Crippen LogP contribution in [0.1, 0.15) is 0 Å². The van der Waals surface area contributed by atoms with E-state index in [0.717, 1.165) is 22.3 Å². The largest absolute Gasteiger partial charge is 0.493 e. The third-order valence-corrected chi connectivity index (χ3v) is 4.76. The Labute approximate surface area is 171 Å². The molecular weight excluding hydrogens is 394 g/mol. The molecule has 0 aliphatic heterocycles. The van der Waals surface area contributed by atoms with E-state index in [1.807, 2.05) is 40.6 Å². The van der Waals surface area contributed by atoms with Crippen molar-refractivity contribution in [2.45, 2.75) is 0 Å². The quantitative estimate of drug-likeness (QED) is 0.526. The highest BCUT2D eigenvalue weighted by atomic mass is 35.5. The number of hydrogen-bond donors (Lipinski definition) is 1. The maximum Gasteiger partial charge on any atom is 0.255 e. The maximum absolute atomic E-state index is 11.0. The van der Waals surface area contributed by atoms with Crippen molar-refractivity contribution in [1.29, 1.82) is 0 Å². The van der Waals surface area contributed by atoms with E-state index < -0.39 is 5.91 Å². The number of ether oxygens (including phenoxy) is 2. The first-order valence-electron chi connectivity index (χ1n) is 8.71. The van der Waals surface area contributed by atoms with E-state index in [1.54, 1.807) is 24.7 Å². The molecule has 0 aliphatic rings. The Hall–Kier alpha value is -3.52. The Morgan fingerprint density at radius 3 is 2.83 bits per heavy atom. The van der Waals surface area contributed by atoms with Crippen LogP contribution in [0.2, 0.25) is 5.02 Å². The Balaban J connectivity index is 1.78. The highest BCUT2D eigenvalue weighted by molar-refractivity contribution is 6.32. The minimum absolute atomic E-state index is 0.256. The van der Waals surface area contributed by atoms with Crippen molar-refractivity contribution < 1.29 is 14.3 Å². The minimum atomic E-state index is -0.603. The van der Waals surface area contributed by atoms with Gasteiger partial charge in [-0.05, 0) is 30.3 Å². The number of imidazole rings is 2. The number of carbonyl (C=O) groups excluding carboxylic acids is 1. The van der Waals surface area contributed by atoms with Gasteiger partial charge in [0.15, 0.2) is 18.1 Å². The molecule has 0 radical (unpaired) electrons. The lowest BCUT2D eigenvalue weighted by molar-refractivity contribution is -0.119. The second kappa shape index (κ2) is 7.48. The zero-order valence-electron chi connectivity index (χ0n) is 15.8. The molecule has 9 heteroatoms. The second-order valence-corrected chi connectivity index (χ2v) is 6.80. The van der Waals surface area contributed by atoms with Crippen LogP contribution in [-0.4, -0.2) is 38.7 Å². The summed E-state index contributed by atoms with van der Waals surface area (Å²) in [5.74, 6) is 0.706. The van der Waals surface area contributed by atoms with Crippen molar-refractivity contribution >= 4 is 28.5 Å². The molecule has 0 bridgehead atoms. The molecule has 0 aliphatic carbocycles. The predicted molar refractivity (Wildman–Crippen MR) is 110 cm³/mol. The summed E-state index contributed by atoms with van der Waals surface area (Å²) in [6, 6.07) is 9.44. The van der Waals surface area contributed by atoms with E-state index in [2.05, 4.69) is 9.97 Å². The van der Waals surface area contributed by atoms with E-state index in [1.165, 1.54) is 7.11 Å². The van der Waals surface area contributed by atoms with Gasteiger partial charge in [-0.2, -0.15) is 0 Å². The second-order valence-electron chi connectivity index (χ2n) is 6.39. The number of carbonyl (C=O) groups is 1. The molecule has 2 N–H and O–H groups in total. The van der Waals surface area contributed by atoms with Crippen molar-refractivity contribution in [3.63, 3.8) is 0 Å². The number of halogens is 1. The average Bonchev–Trinajstić information content (AvgIpc) is 3.33. The molecule has 0 saturated heterocycles. The molecule has 0 unspecified atom stereocenters. The average molecular weight is 412 g/mol. The van der Waals surface area contributed by atoms with Crippen LogP contribution in [0.4, 0.5) is 0 Å². The van der Waals surface area contributed by atoms with Crippen LogP contribution in [0.25, 0.3) is 28.1 Å². The summed E-state index contributed by atoms with van der Waals surface area (Å²) >= 11 is 6.39. The number of aromatic nitrogens is 4.